The minimum atomic E-state index is -0.422. The van der Waals surface area contributed by atoms with Crippen molar-refractivity contribution in [1.29, 1.82) is 0 Å². The van der Waals surface area contributed by atoms with Gasteiger partial charge >= 0.3 is 0 Å². The van der Waals surface area contributed by atoms with Crippen molar-refractivity contribution in [2.75, 3.05) is 11.9 Å². The smallest absolute Gasteiger partial charge is 0.270 e. The van der Waals surface area contributed by atoms with Crippen molar-refractivity contribution in [2.45, 2.75) is 40.0 Å². The van der Waals surface area contributed by atoms with Gasteiger partial charge in [-0.05, 0) is 55.2 Å². The van der Waals surface area contributed by atoms with Gasteiger partial charge in [-0.1, -0.05) is 20.3 Å². The molecule has 0 unspecified atom stereocenters. The second-order valence-corrected chi connectivity index (χ2v) is 6.09. The van der Waals surface area contributed by atoms with Crippen LogP contribution < -0.4 is 10.1 Å². The molecule has 2 aromatic carbocycles. The Morgan fingerprint density at radius 1 is 1.19 bits per heavy atom. The zero-order chi connectivity index (χ0) is 19.1. The summed E-state index contributed by atoms with van der Waals surface area (Å²) in [5, 5.41) is 13.9. The van der Waals surface area contributed by atoms with E-state index < -0.39 is 4.92 Å². The number of carbonyl (C=O) groups excluding carboxylic acids is 1. The fourth-order valence-corrected chi connectivity index (χ4v) is 2.63. The first-order valence-electron chi connectivity index (χ1n) is 8.78. The molecule has 0 spiro atoms. The van der Waals surface area contributed by atoms with Crippen LogP contribution in [0, 0.1) is 17.0 Å². The third kappa shape index (κ3) is 4.81. The molecule has 0 atom stereocenters. The standard InChI is InChI=1S/C20H24N2O4/c1-4-6-11-26-18-9-7-16(8-10-18)20(23)21-19-14(3)12-17(22(24)25)13-15(19)5-2/h7-10,12-13H,4-6,11H2,1-3H3,(H,21,23). The van der Waals surface area contributed by atoms with E-state index in [1.54, 1.807) is 31.2 Å². The van der Waals surface area contributed by atoms with Crippen LogP contribution in [0.15, 0.2) is 36.4 Å². The molecule has 138 valence electrons. The highest BCUT2D eigenvalue weighted by Crippen LogP contribution is 2.28. The van der Waals surface area contributed by atoms with Crippen LogP contribution in [0.2, 0.25) is 0 Å². The van der Waals surface area contributed by atoms with Gasteiger partial charge in [-0.15, -0.1) is 0 Å². The number of non-ortho nitro benzene ring substituents is 1. The summed E-state index contributed by atoms with van der Waals surface area (Å²) >= 11 is 0. The number of nitrogens with zero attached hydrogens (tertiary/aromatic N) is 1. The lowest BCUT2D eigenvalue weighted by Crippen LogP contribution is -2.14. The van der Waals surface area contributed by atoms with Gasteiger partial charge in [-0.2, -0.15) is 0 Å². The van der Waals surface area contributed by atoms with Gasteiger partial charge in [0, 0.05) is 23.4 Å². The minimum absolute atomic E-state index is 0.0333. The molecule has 0 aromatic heterocycles. The zero-order valence-corrected chi connectivity index (χ0v) is 15.4. The Balaban J connectivity index is 2.15. The van der Waals surface area contributed by atoms with E-state index in [9.17, 15) is 14.9 Å². The van der Waals surface area contributed by atoms with Crippen molar-refractivity contribution < 1.29 is 14.5 Å². The molecular weight excluding hydrogens is 332 g/mol. The Labute approximate surface area is 153 Å². The van der Waals surface area contributed by atoms with Crippen molar-refractivity contribution in [2.24, 2.45) is 0 Å². The number of amides is 1. The average Bonchev–Trinajstić information content (AvgIpc) is 2.63. The lowest BCUT2D eigenvalue weighted by molar-refractivity contribution is -0.384. The number of anilines is 1. The van der Waals surface area contributed by atoms with Gasteiger partial charge in [0.1, 0.15) is 5.75 Å². The van der Waals surface area contributed by atoms with E-state index in [1.807, 2.05) is 6.92 Å². The molecule has 0 aliphatic heterocycles. The maximum absolute atomic E-state index is 12.5. The highest BCUT2D eigenvalue weighted by Gasteiger charge is 2.16. The molecule has 0 radical (unpaired) electrons. The fraction of sp³-hybridized carbons (Fsp3) is 0.350. The van der Waals surface area contributed by atoms with Crippen LogP contribution >= 0.6 is 0 Å². The summed E-state index contributed by atoms with van der Waals surface area (Å²) in [5.74, 6) is 0.479. The van der Waals surface area contributed by atoms with Gasteiger partial charge in [0.2, 0.25) is 0 Å². The van der Waals surface area contributed by atoms with Gasteiger partial charge in [0.05, 0.1) is 11.5 Å². The van der Waals surface area contributed by atoms with E-state index in [4.69, 9.17) is 4.74 Å². The summed E-state index contributed by atoms with van der Waals surface area (Å²) in [4.78, 5) is 23.1. The van der Waals surface area contributed by atoms with E-state index in [2.05, 4.69) is 12.2 Å². The number of nitro groups is 1. The van der Waals surface area contributed by atoms with Gasteiger partial charge in [0.25, 0.3) is 11.6 Å². The molecule has 0 bridgehead atoms. The van der Waals surface area contributed by atoms with Crippen LogP contribution in [0.1, 0.15) is 48.2 Å². The Morgan fingerprint density at radius 3 is 2.46 bits per heavy atom. The number of nitro benzene ring substituents is 1. The van der Waals surface area contributed by atoms with Crippen molar-refractivity contribution in [3.63, 3.8) is 0 Å². The highest BCUT2D eigenvalue weighted by atomic mass is 16.6. The van der Waals surface area contributed by atoms with Gasteiger partial charge in [-0.3, -0.25) is 14.9 Å². The van der Waals surface area contributed by atoms with E-state index in [-0.39, 0.29) is 11.6 Å². The van der Waals surface area contributed by atoms with Crippen LogP contribution in [-0.2, 0) is 6.42 Å². The molecule has 0 aliphatic carbocycles. The predicted molar refractivity (Wildman–Crippen MR) is 102 cm³/mol. The van der Waals surface area contributed by atoms with E-state index >= 15 is 0 Å². The lowest BCUT2D eigenvalue weighted by atomic mass is 10.0. The number of hydrogen-bond acceptors (Lipinski definition) is 4. The molecule has 6 heteroatoms. The van der Waals surface area contributed by atoms with Crippen molar-refractivity contribution in [1.82, 2.24) is 0 Å². The average molecular weight is 356 g/mol. The predicted octanol–water partition coefficient (Wildman–Crippen LogP) is 4.90. The zero-order valence-electron chi connectivity index (χ0n) is 15.4. The van der Waals surface area contributed by atoms with Crippen LogP contribution in [0.5, 0.6) is 5.75 Å². The van der Waals surface area contributed by atoms with Gasteiger partial charge in [0.15, 0.2) is 0 Å². The SMILES string of the molecule is CCCCOc1ccc(C(=O)Nc2c(C)cc([N+](=O)[O-])cc2CC)cc1. The number of hydrogen-bond donors (Lipinski definition) is 1. The normalized spacial score (nSPS) is 10.4. The van der Waals surface area contributed by atoms with Gasteiger partial charge < -0.3 is 10.1 Å². The maximum atomic E-state index is 12.5. The number of nitrogens with one attached hydrogen (secondary N) is 1. The fourth-order valence-electron chi connectivity index (χ4n) is 2.63. The molecule has 2 aromatic rings. The molecule has 1 N–H and O–H groups in total. The molecule has 0 saturated heterocycles. The number of carbonyl (C=O) groups is 1. The summed E-state index contributed by atoms with van der Waals surface area (Å²) in [5.41, 5.74) is 2.58. The Bertz CT molecular complexity index is 785. The number of rotatable bonds is 8. The van der Waals surface area contributed by atoms with E-state index in [0.29, 0.717) is 29.8 Å². The summed E-state index contributed by atoms with van der Waals surface area (Å²) in [6.07, 6.45) is 2.64. The molecule has 6 nitrogen and oxygen atoms in total. The minimum Gasteiger partial charge on any atom is -0.494 e. The molecule has 0 saturated carbocycles. The number of aryl methyl sites for hydroxylation is 2. The lowest BCUT2D eigenvalue weighted by Gasteiger charge is -2.13. The topological polar surface area (TPSA) is 81.5 Å². The van der Waals surface area contributed by atoms with E-state index in [1.165, 1.54) is 12.1 Å². The first-order chi connectivity index (χ1) is 12.5. The summed E-state index contributed by atoms with van der Waals surface area (Å²) in [6, 6.07) is 9.95. The quantitative estimate of drug-likeness (QED) is 0.414. The van der Waals surface area contributed by atoms with Crippen LogP contribution in [0.3, 0.4) is 0 Å². The second kappa shape index (κ2) is 8.99. The highest BCUT2D eigenvalue weighted by molar-refractivity contribution is 6.05. The Hall–Kier alpha value is -2.89. The van der Waals surface area contributed by atoms with Crippen LogP contribution in [0.25, 0.3) is 0 Å². The summed E-state index contributed by atoms with van der Waals surface area (Å²) in [6.45, 7) is 6.41. The summed E-state index contributed by atoms with van der Waals surface area (Å²) in [7, 11) is 0. The van der Waals surface area contributed by atoms with Crippen molar-refractivity contribution in [3.05, 3.63) is 63.2 Å². The molecule has 26 heavy (non-hydrogen) atoms. The van der Waals surface area contributed by atoms with Crippen molar-refractivity contribution in [3.8, 4) is 5.75 Å². The molecule has 0 fully saturated rings. The van der Waals surface area contributed by atoms with Crippen LogP contribution in [0.4, 0.5) is 11.4 Å². The molecular formula is C20H24N2O4. The number of unbranched alkanes of at least 4 members (excludes halogenated alkanes) is 1. The van der Waals surface area contributed by atoms with E-state index in [0.717, 1.165) is 24.2 Å². The first-order valence-corrected chi connectivity index (χ1v) is 8.78. The monoisotopic (exact) mass is 356 g/mol. The number of ether oxygens (including phenoxy) is 1. The maximum Gasteiger partial charge on any atom is 0.270 e. The number of benzene rings is 2. The Morgan fingerprint density at radius 2 is 1.88 bits per heavy atom. The first kappa shape index (κ1) is 19.4. The van der Waals surface area contributed by atoms with Gasteiger partial charge in [-0.25, -0.2) is 0 Å². The third-order valence-electron chi connectivity index (χ3n) is 4.12. The molecule has 2 rings (SSSR count). The largest absolute Gasteiger partial charge is 0.494 e. The van der Waals surface area contributed by atoms with Crippen LogP contribution in [-0.4, -0.2) is 17.4 Å². The molecule has 1 amide bonds. The molecule has 0 heterocycles. The van der Waals surface area contributed by atoms with Crippen molar-refractivity contribution >= 4 is 17.3 Å². The summed E-state index contributed by atoms with van der Waals surface area (Å²) < 4.78 is 5.60. The Kier molecular flexibility index (Phi) is 6.72. The molecule has 0 aliphatic rings. The second-order valence-electron chi connectivity index (χ2n) is 6.09. The third-order valence-corrected chi connectivity index (χ3v) is 4.12.